The minimum Gasteiger partial charge on any atom is -0.393 e. The number of imidazole rings is 1. The normalized spacial score (nSPS) is 47.9. The van der Waals surface area contributed by atoms with Gasteiger partial charge < -0.3 is 10.1 Å². The molecule has 0 saturated heterocycles. The lowest BCUT2D eigenvalue weighted by Crippen LogP contribution is -2.54. The van der Waals surface area contributed by atoms with E-state index in [2.05, 4.69) is 30.7 Å². The van der Waals surface area contributed by atoms with E-state index in [1.54, 1.807) is 0 Å². The molecule has 0 aliphatic heterocycles. The van der Waals surface area contributed by atoms with Crippen molar-refractivity contribution in [3.05, 3.63) is 18.2 Å². The van der Waals surface area contributed by atoms with Crippen molar-refractivity contribution in [1.29, 1.82) is 0 Å². The average Bonchev–Trinajstić information content (AvgIpc) is 3.34. The van der Waals surface area contributed by atoms with E-state index in [1.807, 2.05) is 12.5 Å². The van der Waals surface area contributed by atoms with Crippen LogP contribution >= 0.6 is 0 Å². The summed E-state index contributed by atoms with van der Waals surface area (Å²) in [5.74, 6) is 5.31. The number of rotatable bonds is 4. The van der Waals surface area contributed by atoms with Crippen molar-refractivity contribution in [2.75, 3.05) is 0 Å². The number of aromatic amines is 1. The van der Waals surface area contributed by atoms with Gasteiger partial charge in [-0.1, -0.05) is 20.8 Å². The third kappa shape index (κ3) is 3.22. The van der Waals surface area contributed by atoms with Gasteiger partial charge in [0, 0.05) is 11.9 Å². The fraction of sp³-hybridized carbons (Fsp3) is 0.885. The van der Waals surface area contributed by atoms with Gasteiger partial charge in [0.05, 0.1) is 12.4 Å². The van der Waals surface area contributed by atoms with Crippen molar-refractivity contribution in [3.8, 4) is 0 Å². The van der Waals surface area contributed by atoms with Crippen molar-refractivity contribution in [2.45, 2.75) is 97.5 Å². The lowest BCUT2D eigenvalue weighted by Gasteiger charge is -2.61. The van der Waals surface area contributed by atoms with Crippen LogP contribution < -0.4 is 0 Å². The Balaban J connectivity index is 1.30. The number of nitrogens with zero attached hydrogens (tertiary/aromatic N) is 1. The summed E-state index contributed by atoms with van der Waals surface area (Å²) in [7, 11) is 0. The van der Waals surface area contributed by atoms with Gasteiger partial charge in [-0.2, -0.15) is 0 Å². The van der Waals surface area contributed by atoms with Crippen LogP contribution in [0.15, 0.2) is 12.5 Å². The molecule has 0 spiro atoms. The van der Waals surface area contributed by atoms with Crippen LogP contribution in [0, 0.1) is 46.3 Å². The van der Waals surface area contributed by atoms with Crippen molar-refractivity contribution >= 4 is 0 Å². The number of aliphatic hydroxyl groups excluding tert-OH is 1. The first-order valence-corrected chi connectivity index (χ1v) is 12.6. The summed E-state index contributed by atoms with van der Waals surface area (Å²) >= 11 is 0. The zero-order chi connectivity index (χ0) is 20.2. The van der Waals surface area contributed by atoms with Crippen molar-refractivity contribution in [3.63, 3.8) is 0 Å². The van der Waals surface area contributed by atoms with Gasteiger partial charge >= 0.3 is 0 Å². The van der Waals surface area contributed by atoms with Gasteiger partial charge in [0.25, 0.3) is 0 Å². The topological polar surface area (TPSA) is 48.9 Å². The molecule has 4 saturated carbocycles. The second kappa shape index (κ2) is 7.39. The minimum atomic E-state index is -0.0231. The number of aryl methyl sites for hydroxylation is 1. The largest absolute Gasteiger partial charge is 0.393 e. The molecule has 4 aliphatic carbocycles. The summed E-state index contributed by atoms with van der Waals surface area (Å²) in [6.45, 7) is 7.82. The first kappa shape index (κ1) is 20.1. The molecule has 1 heterocycles. The predicted octanol–water partition coefficient (Wildman–Crippen LogP) is 6.00. The first-order valence-electron chi connectivity index (χ1n) is 12.6. The molecule has 1 aromatic heterocycles. The van der Waals surface area contributed by atoms with Gasteiger partial charge in [0.2, 0.25) is 0 Å². The van der Waals surface area contributed by atoms with Gasteiger partial charge in [-0.15, -0.1) is 0 Å². The van der Waals surface area contributed by atoms with Gasteiger partial charge in [0.1, 0.15) is 0 Å². The molecule has 5 rings (SSSR count). The average molecular weight is 399 g/mol. The Morgan fingerprint density at radius 1 is 1.07 bits per heavy atom. The molecule has 162 valence electrons. The van der Waals surface area contributed by atoms with Gasteiger partial charge in [-0.25, -0.2) is 4.98 Å². The number of aliphatic hydroxyl groups is 1. The highest BCUT2D eigenvalue weighted by molar-refractivity contribution is 5.10. The zero-order valence-corrected chi connectivity index (χ0v) is 18.9. The lowest BCUT2D eigenvalue weighted by molar-refractivity contribution is -0.129. The molecule has 0 radical (unpaired) electrons. The SMILES string of the molecule is CC(CCc1cnc[nH]1)C1CCC2C3CCC4CC(O)CCC4(C)C3CCC12C. The molecule has 0 aromatic carbocycles. The second-order valence-electron chi connectivity index (χ2n) is 11.9. The third-order valence-electron chi connectivity index (χ3n) is 10.8. The highest BCUT2D eigenvalue weighted by atomic mass is 16.3. The van der Waals surface area contributed by atoms with Crippen LogP contribution in [0.4, 0.5) is 0 Å². The van der Waals surface area contributed by atoms with Crippen LogP contribution in [0.3, 0.4) is 0 Å². The van der Waals surface area contributed by atoms with E-state index >= 15 is 0 Å². The Kier molecular flexibility index (Phi) is 5.12. The number of H-pyrrole nitrogens is 1. The highest BCUT2D eigenvalue weighted by Crippen LogP contribution is 2.68. The fourth-order valence-electron chi connectivity index (χ4n) is 9.22. The number of fused-ring (bicyclic) bond motifs is 5. The summed E-state index contributed by atoms with van der Waals surface area (Å²) in [4.78, 5) is 7.49. The van der Waals surface area contributed by atoms with E-state index in [9.17, 15) is 5.11 Å². The first-order chi connectivity index (χ1) is 13.9. The Bertz CT molecular complexity index is 702. The molecule has 4 fully saturated rings. The second-order valence-corrected chi connectivity index (χ2v) is 11.9. The Hall–Kier alpha value is -0.830. The van der Waals surface area contributed by atoms with E-state index in [1.165, 1.54) is 57.1 Å². The standard InChI is InChI=1S/C26H42N2O/c1-17(4-6-19-15-27-16-28-19)22-8-9-23-21-7-5-18-14-20(29)10-12-25(18,2)24(21)11-13-26(22,23)3/h15-18,20-24,29H,4-14H2,1-3H3,(H,27,28). The number of aromatic nitrogens is 2. The minimum absolute atomic E-state index is 0.0231. The van der Waals surface area contributed by atoms with Crippen LogP contribution in [-0.4, -0.2) is 21.2 Å². The van der Waals surface area contributed by atoms with Crippen LogP contribution in [0.5, 0.6) is 0 Å². The molecule has 2 N–H and O–H groups in total. The molecule has 9 atom stereocenters. The van der Waals surface area contributed by atoms with Gasteiger partial charge in [0.15, 0.2) is 0 Å². The maximum absolute atomic E-state index is 10.3. The van der Waals surface area contributed by atoms with E-state index < -0.39 is 0 Å². The maximum atomic E-state index is 10.3. The molecule has 0 amide bonds. The fourth-order valence-corrected chi connectivity index (χ4v) is 9.22. The summed E-state index contributed by atoms with van der Waals surface area (Å²) in [5, 5.41) is 10.3. The van der Waals surface area contributed by atoms with E-state index in [0.717, 1.165) is 54.8 Å². The van der Waals surface area contributed by atoms with Crippen molar-refractivity contribution in [2.24, 2.45) is 46.3 Å². The molecule has 3 nitrogen and oxygen atoms in total. The Morgan fingerprint density at radius 3 is 2.66 bits per heavy atom. The molecule has 3 heteroatoms. The third-order valence-corrected chi connectivity index (χ3v) is 10.8. The summed E-state index contributed by atoms with van der Waals surface area (Å²) in [6, 6.07) is 0. The molecular formula is C26H42N2O. The van der Waals surface area contributed by atoms with Crippen LogP contribution in [0.1, 0.15) is 90.7 Å². The summed E-state index contributed by atoms with van der Waals surface area (Å²) in [6.07, 6.45) is 18.3. The van der Waals surface area contributed by atoms with Crippen LogP contribution in [-0.2, 0) is 6.42 Å². The van der Waals surface area contributed by atoms with Crippen molar-refractivity contribution in [1.82, 2.24) is 9.97 Å². The monoisotopic (exact) mass is 398 g/mol. The van der Waals surface area contributed by atoms with Crippen LogP contribution in [0.2, 0.25) is 0 Å². The zero-order valence-electron chi connectivity index (χ0n) is 18.9. The number of hydrogen-bond acceptors (Lipinski definition) is 2. The smallest absolute Gasteiger partial charge is 0.0921 e. The van der Waals surface area contributed by atoms with Crippen LogP contribution in [0.25, 0.3) is 0 Å². The molecule has 4 aliphatic rings. The van der Waals surface area contributed by atoms with E-state index in [-0.39, 0.29) is 6.10 Å². The van der Waals surface area contributed by atoms with E-state index in [4.69, 9.17) is 0 Å². The number of hydrogen-bond donors (Lipinski definition) is 2. The quantitative estimate of drug-likeness (QED) is 0.653. The predicted molar refractivity (Wildman–Crippen MR) is 117 cm³/mol. The maximum Gasteiger partial charge on any atom is 0.0921 e. The van der Waals surface area contributed by atoms with E-state index in [0.29, 0.717) is 10.8 Å². The lowest BCUT2D eigenvalue weighted by atomic mass is 9.44. The Morgan fingerprint density at radius 2 is 1.86 bits per heavy atom. The highest BCUT2D eigenvalue weighted by Gasteiger charge is 2.60. The summed E-state index contributed by atoms with van der Waals surface area (Å²) in [5.41, 5.74) is 2.37. The summed E-state index contributed by atoms with van der Waals surface area (Å²) < 4.78 is 0. The molecule has 0 bridgehead atoms. The molecule has 29 heavy (non-hydrogen) atoms. The molecule has 9 unspecified atom stereocenters. The molecule has 1 aromatic rings. The Labute approximate surface area is 177 Å². The van der Waals surface area contributed by atoms with Gasteiger partial charge in [-0.3, -0.25) is 0 Å². The number of nitrogens with one attached hydrogen (secondary N) is 1. The van der Waals surface area contributed by atoms with Crippen molar-refractivity contribution < 1.29 is 5.11 Å². The van der Waals surface area contributed by atoms with Gasteiger partial charge in [-0.05, 0) is 117 Å². The molecular weight excluding hydrogens is 356 g/mol.